The van der Waals surface area contributed by atoms with Gasteiger partial charge in [0, 0.05) is 15.4 Å². The van der Waals surface area contributed by atoms with Crippen LogP contribution in [0.3, 0.4) is 0 Å². The molecule has 1 aromatic carbocycles. The van der Waals surface area contributed by atoms with Crippen molar-refractivity contribution in [3.05, 3.63) is 28.7 Å². The molecule has 0 saturated heterocycles. The number of halogens is 1. The van der Waals surface area contributed by atoms with Gasteiger partial charge in [-0.25, -0.2) is 0 Å². The Hall–Kier alpha value is -0.150. The molecule has 0 spiro atoms. The fourth-order valence-electron chi connectivity index (χ4n) is 0.855. The van der Waals surface area contributed by atoms with Gasteiger partial charge in [0.15, 0.2) is 0 Å². The minimum Gasteiger partial charge on any atom is -0.330 e. The van der Waals surface area contributed by atoms with Crippen molar-refractivity contribution in [3.8, 4) is 0 Å². The summed E-state index contributed by atoms with van der Waals surface area (Å²) in [7, 11) is 0. The lowest BCUT2D eigenvalue weighted by Gasteiger charge is -2.03. The van der Waals surface area contributed by atoms with E-state index in [9.17, 15) is 0 Å². The monoisotopic (exact) mass is 243 g/mol. The second kappa shape index (κ2) is 3.71. The van der Waals surface area contributed by atoms with Crippen LogP contribution in [0.5, 0.6) is 0 Å². The number of anilines is 1. The predicted molar refractivity (Wildman–Crippen MR) is 58.4 cm³/mol. The Morgan fingerprint density at radius 2 is 1.92 bits per heavy atom. The van der Waals surface area contributed by atoms with Crippen molar-refractivity contribution >= 4 is 33.6 Å². The summed E-state index contributed by atoms with van der Waals surface area (Å²) in [6, 6.07) is 8.27. The number of hydrogen-bond donors (Lipinski definition) is 1. The van der Waals surface area contributed by atoms with Crippen LogP contribution in [0.1, 0.15) is 12.8 Å². The molecule has 12 heavy (non-hydrogen) atoms. The highest BCUT2D eigenvalue weighted by Gasteiger charge is 2.21. The summed E-state index contributed by atoms with van der Waals surface area (Å²) in [4.78, 5) is 0. The van der Waals surface area contributed by atoms with Gasteiger partial charge in [-0.15, -0.1) is 0 Å². The first kappa shape index (κ1) is 8.45. The number of hydrogen-bond acceptors (Lipinski definition) is 2. The second-order valence-corrected chi connectivity index (χ2v) is 4.95. The van der Waals surface area contributed by atoms with Gasteiger partial charge < -0.3 is 4.72 Å². The van der Waals surface area contributed by atoms with E-state index < -0.39 is 0 Å². The quantitative estimate of drug-likeness (QED) is 0.814. The predicted octanol–water partition coefficient (Wildman–Crippen LogP) is 3.67. The molecule has 1 saturated carbocycles. The van der Waals surface area contributed by atoms with Gasteiger partial charge in [-0.05, 0) is 49.1 Å². The Labute approximate surface area is 85.2 Å². The van der Waals surface area contributed by atoms with Crippen LogP contribution in [0.2, 0.25) is 0 Å². The molecule has 0 atom stereocenters. The third-order valence-corrected chi connectivity index (χ3v) is 3.40. The lowest BCUT2D eigenvalue weighted by Crippen LogP contribution is -1.87. The van der Waals surface area contributed by atoms with Crippen molar-refractivity contribution < 1.29 is 0 Å². The van der Waals surface area contributed by atoms with Crippen LogP contribution in [0.25, 0.3) is 0 Å². The van der Waals surface area contributed by atoms with Crippen LogP contribution in [0, 0.1) is 0 Å². The van der Waals surface area contributed by atoms with Crippen molar-refractivity contribution in [1.29, 1.82) is 0 Å². The highest BCUT2D eigenvalue weighted by atomic mass is 79.9. The lowest BCUT2D eigenvalue weighted by molar-refractivity contribution is 1.50. The van der Waals surface area contributed by atoms with Gasteiger partial charge in [0.25, 0.3) is 0 Å². The van der Waals surface area contributed by atoms with Gasteiger partial charge in [0.05, 0.1) is 0 Å². The molecule has 1 aliphatic rings. The Morgan fingerprint density at radius 3 is 2.50 bits per heavy atom. The topological polar surface area (TPSA) is 12.0 Å². The average molecular weight is 244 g/mol. The molecule has 64 valence electrons. The van der Waals surface area contributed by atoms with E-state index in [1.165, 1.54) is 18.5 Å². The average Bonchev–Trinajstić information content (AvgIpc) is 2.87. The largest absolute Gasteiger partial charge is 0.330 e. The summed E-state index contributed by atoms with van der Waals surface area (Å²) in [6.07, 6.45) is 2.74. The standard InChI is InChI=1S/C9H10BrNS/c10-7-1-3-8(4-2-7)11-12-9-5-6-9/h1-4,9,11H,5-6H2. The zero-order valence-corrected chi connectivity index (χ0v) is 8.99. The highest BCUT2D eigenvalue weighted by molar-refractivity contribution is 9.10. The Balaban J connectivity index is 1.89. The van der Waals surface area contributed by atoms with Crippen LogP contribution < -0.4 is 4.72 Å². The molecule has 0 radical (unpaired) electrons. The Morgan fingerprint density at radius 1 is 1.25 bits per heavy atom. The summed E-state index contributed by atoms with van der Waals surface area (Å²) in [5.74, 6) is 0. The smallest absolute Gasteiger partial charge is 0.0440 e. The molecule has 0 aliphatic heterocycles. The summed E-state index contributed by atoms with van der Waals surface area (Å²) < 4.78 is 4.46. The van der Waals surface area contributed by atoms with Crippen LogP contribution in [-0.2, 0) is 0 Å². The molecular weight excluding hydrogens is 234 g/mol. The van der Waals surface area contributed by atoms with Gasteiger partial charge in [0.2, 0.25) is 0 Å². The summed E-state index contributed by atoms with van der Waals surface area (Å²) in [5.41, 5.74) is 1.19. The maximum Gasteiger partial charge on any atom is 0.0440 e. The van der Waals surface area contributed by atoms with Crippen molar-refractivity contribution in [3.63, 3.8) is 0 Å². The zero-order valence-electron chi connectivity index (χ0n) is 6.59. The van der Waals surface area contributed by atoms with Crippen molar-refractivity contribution in [2.75, 3.05) is 4.72 Å². The van der Waals surface area contributed by atoms with Crippen molar-refractivity contribution in [1.82, 2.24) is 0 Å². The van der Waals surface area contributed by atoms with E-state index in [-0.39, 0.29) is 0 Å². The Kier molecular flexibility index (Phi) is 2.61. The van der Waals surface area contributed by atoms with E-state index in [2.05, 4.69) is 44.9 Å². The first-order chi connectivity index (χ1) is 5.84. The molecule has 0 bridgehead atoms. The third-order valence-electron chi connectivity index (χ3n) is 1.71. The molecule has 3 heteroatoms. The number of rotatable bonds is 3. The lowest BCUT2D eigenvalue weighted by atomic mass is 10.3. The molecule has 1 N–H and O–H groups in total. The fourth-order valence-corrected chi connectivity index (χ4v) is 1.93. The van der Waals surface area contributed by atoms with E-state index in [0.717, 1.165) is 9.72 Å². The summed E-state index contributed by atoms with van der Waals surface area (Å²) in [5, 5.41) is 0.855. The molecule has 1 nitrogen and oxygen atoms in total. The second-order valence-electron chi connectivity index (χ2n) is 2.93. The third kappa shape index (κ3) is 2.42. The van der Waals surface area contributed by atoms with Crippen LogP contribution in [0.4, 0.5) is 5.69 Å². The van der Waals surface area contributed by atoms with E-state index in [4.69, 9.17) is 0 Å². The zero-order chi connectivity index (χ0) is 8.39. The highest BCUT2D eigenvalue weighted by Crippen LogP contribution is 2.34. The van der Waals surface area contributed by atoms with Gasteiger partial charge in [-0.1, -0.05) is 15.9 Å². The normalized spacial score (nSPS) is 16.1. The van der Waals surface area contributed by atoms with Crippen molar-refractivity contribution in [2.24, 2.45) is 0 Å². The Bertz CT molecular complexity index is 256. The maximum atomic E-state index is 3.40. The first-order valence-corrected chi connectivity index (χ1v) is 5.69. The van der Waals surface area contributed by atoms with Gasteiger partial charge in [-0.3, -0.25) is 0 Å². The summed E-state index contributed by atoms with van der Waals surface area (Å²) in [6.45, 7) is 0. The van der Waals surface area contributed by atoms with Crippen LogP contribution in [-0.4, -0.2) is 5.25 Å². The number of nitrogens with one attached hydrogen (secondary N) is 1. The van der Waals surface area contributed by atoms with E-state index >= 15 is 0 Å². The van der Waals surface area contributed by atoms with Gasteiger partial charge >= 0.3 is 0 Å². The first-order valence-electron chi connectivity index (χ1n) is 4.02. The van der Waals surface area contributed by atoms with E-state index in [1.54, 1.807) is 0 Å². The van der Waals surface area contributed by atoms with Gasteiger partial charge in [0.1, 0.15) is 0 Å². The number of benzene rings is 1. The maximum absolute atomic E-state index is 3.40. The minimum atomic E-state index is 0.855. The van der Waals surface area contributed by atoms with Crippen molar-refractivity contribution in [2.45, 2.75) is 18.1 Å². The SMILES string of the molecule is Brc1ccc(NSC2CC2)cc1. The molecule has 1 aromatic rings. The molecule has 1 aliphatic carbocycles. The minimum absolute atomic E-state index is 0.855. The van der Waals surface area contributed by atoms with E-state index in [0.29, 0.717) is 0 Å². The summed E-state index contributed by atoms with van der Waals surface area (Å²) >= 11 is 5.24. The molecule has 0 heterocycles. The van der Waals surface area contributed by atoms with Crippen LogP contribution in [0.15, 0.2) is 28.7 Å². The molecule has 0 aromatic heterocycles. The molecule has 0 amide bonds. The molecular formula is C9H10BrNS. The van der Waals surface area contributed by atoms with Crippen LogP contribution >= 0.6 is 27.9 Å². The molecule has 1 fully saturated rings. The van der Waals surface area contributed by atoms with E-state index in [1.807, 2.05) is 11.9 Å². The van der Waals surface area contributed by atoms with Gasteiger partial charge in [-0.2, -0.15) is 0 Å². The molecule has 2 rings (SSSR count). The fraction of sp³-hybridized carbons (Fsp3) is 0.333. The molecule has 0 unspecified atom stereocenters.